The van der Waals surface area contributed by atoms with Gasteiger partial charge < -0.3 is 10.6 Å². The van der Waals surface area contributed by atoms with Gasteiger partial charge in [0.2, 0.25) is 0 Å². The molecule has 0 spiro atoms. The Morgan fingerprint density at radius 1 is 1.20 bits per heavy atom. The molecule has 1 amide bonds. The van der Waals surface area contributed by atoms with Gasteiger partial charge in [-0.2, -0.15) is 0 Å². The molecule has 104 valence electrons. The van der Waals surface area contributed by atoms with Crippen molar-refractivity contribution in [1.29, 1.82) is 0 Å². The van der Waals surface area contributed by atoms with Gasteiger partial charge >= 0.3 is 0 Å². The van der Waals surface area contributed by atoms with Crippen LogP contribution in [0.4, 0.5) is 11.5 Å². The zero-order chi connectivity index (χ0) is 14.4. The van der Waals surface area contributed by atoms with Crippen LogP contribution in [0.3, 0.4) is 0 Å². The third kappa shape index (κ3) is 3.57. The normalized spacial score (nSPS) is 10.1. The molecule has 1 aromatic carbocycles. The molecule has 0 saturated carbocycles. The maximum Gasteiger partial charge on any atom is 0.257 e. The summed E-state index contributed by atoms with van der Waals surface area (Å²) < 4.78 is 0. The summed E-state index contributed by atoms with van der Waals surface area (Å²) in [6.45, 7) is 4.93. The zero-order valence-electron chi connectivity index (χ0n) is 11.8. The van der Waals surface area contributed by atoms with Gasteiger partial charge in [-0.25, -0.2) is 4.98 Å². The number of nitrogens with zero attached hydrogens (tertiary/aromatic N) is 1. The number of anilines is 2. The van der Waals surface area contributed by atoms with Gasteiger partial charge in [-0.15, -0.1) is 0 Å². The second-order valence-corrected chi connectivity index (χ2v) is 4.63. The minimum absolute atomic E-state index is 0.145. The Morgan fingerprint density at radius 3 is 2.65 bits per heavy atom. The maximum atomic E-state index is 12.1. The first-order chi connectivity index (χ1) is 9.70. The minimum Gasteiger partial charge on any atom is -0.370 e. The van der Waals surface area contributed by atoms with Crippen LogP contribution in [0.5, 0.6) is 0 Å². The van der Waals surface area contributed by atoms with E-state index < -0.39 is 0 Å². The summed E-state index contributed by atoms with van der Waals surface area (Å²) in [5.74, 6) is 0.646. The monoisotopic (exact) mass is 269 g/mol. The number of hydrogen-bond acceptors (Lipinski definition) is 3. The number of amides is 1. The lowest BCUT2D eigenvalue weighted by atomic mass is 10.2. The molecule has 0 fully saturated rings. The van der Waals surface area contributed by atoms with Crippen molar-refractivity contribution in [2.45, 2.75) is 20.3 Å². The Labute approximate surface area is 119 Å². The molecule has 0 aliphatic heterocycles. The van der Waals surface area contributed by atoms with Gasteiger partial charge in [0.25, 0.3) is 5.91 Å². The highest BCUT2D eigenvalue weighted by molar-refractivity contribution is 6.04. The standard InChI is InChI=1S/C16H19N3O/c1-3-10-17-15-9-8-13(11-18-15)16(20)19-14-7-5-4-6-12(14)2/h4-9,11H,3,10H2,1-2H3,(H,17,18)(H,19,20). The van der Waals surface area contributed by atoms with Gasteiger partial charge in [-0.3, -0.25) is 4.79 Å². The Bertz CT molecular complexity index is 579. The fourth-order valence-electron chi connectivity index (χ4n) is 1.79. The van der Waals surface area contributed by atoms with Crippen LogP contribution >= 0.6 is 0 Å². The molecule has 0 bridgehead atoms. The van der Waals surface area contributed by atoms with Crippen molar-refractivity contribution in [3.63, 3.8) is 0 Å². The van der Waals surface area contributed by atoms with E-state index in [0.29, 0.717) is 5.56 Å². The number of benzene rings is 1. The number of carbonyl (C=O) groups is 1. The van der Waals surface area contributed by atoms with Gasteiger partial charge in [-0.05, 0) is 37.1 Å². The smallest absolute Gasteiger partial charge is 0.257 e. The van der Waals surface area contributed by atoms with Crippen molar-refractivity contribution >= 4 is 17.4 Å². The topological polar surface area (TPSA) is 54.0 Å². The SMILES string of the molecule is CCCNc1ccc(C(=O)Nc2ccccc2C)cn1. The predicted octanol–water partition coefficient (Wildman–Crippen LogP) is 3.46. The zero-order valence-corrected chi connectivity index (χ0v) is 11.8. The number of aryl methyl sites for hydroxylation is 1. The van der Waals surface area contributed by atoms with E-state index >= 15 is 0 Å². The molecule has 1 heterocycles. The first-order valence-electron chi connectivity index (χ1n) is 6.77. The summed E-state index contributed by atoms with van der Waals surface area (Å²) in [7, 11) is 0. The van der Waals surface area contributed by atoms with Crippen LogP contribution in [0.25, 0.3) is 0 Å². The molecular weight excluding hydrogens is 250 g/mol. The molecule has 2 N–H and O–H groups in total. The summed E-state index contributed by atoms with van der Waals surface area (Å²) >= 11 is 0. The van der Waals surface area contributed by atoms with Gasteiger partial charge in [0.05, 0.1) is 5.56 Å². The first kappa shape index (κ1) is 14.1. The van der Waals surface area contributed by atoms with Crippen LogP contribution in [0.2, 0.25) is 0 Å². The van der Waals surface area contributed by atoms with Crippen LogP contribution < -0.4 is 10.6 Å². The molecule has 0 atom stereocenters. The number of para-hydroxylation sites is 1. The third-order valence-corrected chi connectivity index (χ3v) is 2.98. The Balaban J connectivity index is 2.04. The quantitative estimate of drug-likeness (QED) is 0.874. The van der Waals surface area contributed by atoms with Crippen molar-refractivity contribution in [3.8, 4) is 0 Å². The number of hydrogen-bond donors (Lipinski definition) is 2. The number of rotatable bonds is 5. The second-order valence-electron chi connectivity index (χ2n) is 4.63. The molecule has 0 aliphatic rings. The van der Waals surface area contributed by atoms with Gasteiger partial charge in [-0.1, -0.05) is 25.1 Å². The molecule has 0 aliphatic carbocycles. The fourth-order valence-corrected chi connectivity index (χ4v) is 1.79. The van der Waals surface area contributed by atoms with E-state index in [9.17, 15) is 4.79 Å². The Morgan fingerprint density at radius 2 is 2.00 bits per heavy atom. The summed E-state index contributed by atoms with van der Waals surface area (Å²) in [6.07, 6.45) is 2.63. The molecule has 2 aromatic rings. The molecule has 0 saturated heterocycles. The van der Waals surface area contributed by atoms with Crippen LogP contribution in [0, 0.1) is 6.92 Å². The van der Waals surface area contributed by atoms with Crippen molar-refractivity contribution in [3.05, 3.63) is 53.7 Å². The van der Waals surface area contributed by atoms with Crippen molar-refractivity contribution in [2.75, 3.05) is 17.2 Å². The lowest BCUT2D eigenvalue weighted by Gasteiger charge is -2.08. The van der Waals surface area contributed by atoms with Gasteiger partial charge in [0, 0.05) is 18.4 Å². The maximum absolute atomic E-state index is 12.1. The Kier molecular flexibility index (Phi) is 4.71. The summed E-state index contributed by atoms with van der Waals surface area (Å²) in [4.78, 5) is 16.3. The van der Waals surface area contributed by atoms with Gasteiger partial charge in [0.15, 0.2) is 0 Å². The van der Waals surface area contributed by atoms with E-state index in [2.05, 4.69) is 22.5 Å². The highest BCUT2D eigenvalue weighted by Gasteiger charge is 2.07. The van der Waals surface area contributed by atoms with E-state index in [-0.39, 0.29) is 5.91 Å². The summed E-state index contributed by atoms with van der Waals surface area (Å²) in [6, 6.07) is 11.3. The van der Waals surface area contributed by atoms with E-state index in [1.165, 1.54) is 0 Å². The van der Waals surface area contributed by atoms with Crippen LogP contribution in [0.1, 0.15) is 29.3 Å². The van der Waals surface area contributed by atoms with E-state index in [1.54, 1.807) is 12.3 Å². The molecule has 0 radical (unpaired) electrons. The average molecular weight is 269 g/mol. The number of pyridine rings is 1. The summed E-state index contributed by atoms with van der Waals surface area (Å²) in [5, 5.41) is 6.07. The molecule has 4 heteroatoms. The van der Waals surface area contributed by atoms with Crippen LogP contribution in [-0.4, -0.2) is 17.4 Å². The third-order valence-electron chi connectivity index (χ3n) is 2.98. The second kappa shape index (κ2) is 6.70. The van der Waals surface area contributed by atoms with Gasteiger partial charge in [0.1, 0.15) is 5.82 Å². The Hall–Kier alpha value is -2.36. The number of aromatic nitrogens is 1. The lowest BCUT2D eigenvalue weighted by Crippen LogP contribution is -2.13. The minimum atomic E-state index is -0.145. The van der Waals surface area contributed by atoms with Crippen molar-refractivity contribution in [2.24, 2.45) is 0 Å². The van der Waals surface area contributed by atoms with Crippen LogP contribution in [-0.2, 0) is 0 Å². The number of carbonyl (C=O) groups excluding carboxylic acids is 1. The van der Waals surface area contributed by atoms with Crippen molar-refractivity contribution in [1.82, 2.24) is 4.98 Å². The van der Waals surface area contributed by atoms with E-state index in [1.807, 2.05) is 37.3 Å². The lowest BCUT2D eigenvalue weighted by molar-refractivity contribution is 0.102. The predicted molar refractivity (Wildman–Crippen MR) is 82.1 cm³/mol. The highest BCUT2D eigenvalue weighted by atomic mass is 16.1. The molecule has 0 unspecified atom stereocenters. The van der Waals surface area contributed by atoms with Crippen LogP contribution in [0.15, 0.2) is 42.6 Å². The first-order valence-corrected chi connectivity index (χ1v) is 6.77. The van der Waals surface area contributed by atoms with E-state index in [0.717, 1.165) is 30.0 Å². The average Bonchev–Trinajstić information content (AvgIpc) is 2.48. The molecule has 2 rings (SSSR count). The van der Waals surface area contributed by atoms with E-state index in [4.69, 9.17) is 0 Å². The highest BCUT2D eigenvalue weighted by Crippen LogP contribution is 2.15. The fraction of sp³-hybridized carbons (Fsp3) is 0.250. The molecular formula is C16H19N3O. The molecule has 4 nitrogen and oxygen atoms in total. The largest absolute Gasteiger partial charge is 0.370 e. The molecule has 1 aromatic heterocycles. The van der Waals surface area contributed by atoms with Crippen molar-refractivity contribution < 1.29 is 4.79 Å². The molecule has 20 heavy (non-hydrogen) atoms. The number of nitrogens with one attached hydrogen (secondary N) is 2. The summed E-state index contributed by atoms with van der Waals surface area (Å²) in [5.41, 5.74) is 2.41.